The number of imidazole rings is 1. The largest absolute Gasteiger partial charge is 0.328 e. The molecule has 0 bridgehead atoms. The van der Waals surface area contributed by atoms with Gasteiger partial charge in [-0.3, -0.25) is 0 Å². The van der Waals surface area contributed by atoms with E-state index in [4.69, 9.17) is 0 Å². The maximum absolute atomic E-state index is 4.54. The van der Waals surface area contributed by atoms with Crippen molar-refractivity contribution in [2.45, 2.75) is 39.2 Å². The summed E-state index contributed by atoms with van der Waals surface area (Å²) in [6.45, 7) is 6.75. The molecule has 102 valence electrons. The first-order valence-electron chi connectivity index (χ1n) is 7.40. The van der Waals surface area contributed by atoms with Gasteiger partial charge in [0.25, 0.3) is 0 Å². The highest BCUT2D eigenvalue weighted by Crippen LogP contribution is 2.22. The van der Waals surface area contributed by atoms with E-state index in [1.807, 2.05) is 6.33 Å². The van der Waals surface area contributed by atoms with Gasteiger partial charge in [-0.1, -0.05) is 6.07 Å². The van der Waals surface area contributed by atoms with E-state index in [1.165, 1.54) is 43.4 Å². The van der Waals surface area contributed by atoms with Gasteiger partial charge in [-0.15, -0.1) is 0 Å². The van der Waals surface area contributed by atoms with Crippen LogP contribution in [0.15, 0.2) is 24.5 Å². The van der Waals surface area contributed by atoms with E-state index in [-0.39, 0.29) is 0 Å². The number of piperidine rings is 1. The van der Waals surface area contributed by atoms with Crippen LogP contribution in [-0.2, 0) is 6.42 Å². The zero-order valence-electron chi connectivity index (χ0n) is 11.9. The molecule has 0 aliphatic carbocycles. The summed E-state index contributed by atoms with van der Waals surface area (Å²) in [5.41, 5.74) is 3.81. The molecule has 1 aromatic carbocycles. The molecule has 2 aromatic rings. The third-order valence-electron chi connectivity index (χ3n) is 4.12. The number of benzene rings is 1. The molecule has 1 aromatic heterocycles. The van der Waals surface area contributed by atoms with Crippen LogP contribution in [0.25, 0.3) is 11.0 Å². The summed E-state index contributed by atoms with van der Waals surface area (Å²) in [5, 5.41) is 3.49. The summed E-state index contributed by atoms with van der Waals surface area (Å²) in [6, 6.07) is 7.24. The van der Waals surface area contributed by atoms with Crippen LogP contribution in [0.4, 0.5) is 0 Å². The number of aromatic nitrogens is 2. The lowest BCUT2D eigenvalue weighted by Crippen LogP contribution is -2.30. The van der Waals surface area contributed by atoms with E-state index in [2.05, 4.69) is 46.9 Å². The number of rotatable bonds is 3. The Bertz CT molecular complexity index is 550. The fraction of sp³-hybridized carbons (Fsp3) is 0.562. The minimum atomic E-state index is 0.471. The van der Waals surface area contributed by atoms with Gasteiger partial charge in [-0.05, 0) is 69.8 Å². The summed E-state index contributed by atoms with van der Waals surface area (Å²) >= 11 is 0. The zero-order chi connectivity index (χ0) is 13.2. The summed E-state index contributed by atoms with van der Waals surface area (Å²) in [6.07, 6.45) is 5.80. The summed E-state index contributed by atoms with van der Waals surface area (Å²) < 4.78 is 2.24. The standard InChI is InChI=1S/C16H23N3/c1-12(2)19-11-18-15-9-13(5-6-16(15)19)8-14-4-3-7-17-10-14/h5-6,9,11-12,14,17H,3-4,7-8,10H2,1-2H3. The predicted molar refractivity (Wildman–Crippen MR) is 79.4 cm³/mol. The van der Waals surface area contributed by atoms with Gasteiger partial charge in [0.15, 0.2) is 0 Å². The normalized spacial score (nSPS) is 20.3. The quantitative estimate of drug-likeness (QED) is 0.915. The highest BCUT2D eigenvalue weighted by Gasteiger charge is 2.14. The third-order valence-corrected chi connectivity index (χ3v) is 4.12. The molecular formula is C16H23N3. The van der Waals surface area contributed by atoms with Crippen molar-refractivity contribution in [1.29, 1.82) is 0 Å². The molecular weight excluding hydrogens is 234 g/mol. The highest BCUT2D eigenvalue weighted by atomic mass is 15.1. The first-order valence-corrected chi connectivity index (χ1v) is 7.40. The zero-order valence-corrected chi connectivity index (χ0v) is 11.9. The van der Waals surface area contributed by atoms with Gasteiger partial charge < -0.3 is 9.88 Å². The van der Waals surface area contributed by atoms with Gasteiger partial charge >= 0.3 is 0 Å². The molecule has 0 saturated carbocycles. The van der Waals surface area contributed by atoms with Crippen LogP contribution in [0.2, 0.25) is 0 Å². The van der Waals surface area contributed by atoms with Crippen molar-refractivity contribution >= 4 is 11.0 Å². The average Bonchev–Trinajstić information content (AvgIpc) is 2.83. The second-order valence-corrected chi connectivity index (χ2v) is 5.99. The lowest BCUT2D eigenvalue weighted by molar-refractivity contribution is 0.376. The SMILES string of the molecule is CC(C)n1cnc2cc(CC3CCCNC3)ccc21. The fourth-order valence-corrected chi connectivity index (χ4v) is 3.05. The minimum Gasteiger partial charge on any atom is -0.328 e. The van der Waals surface area contributed by atoms with Crippen molar-refractivity contribution < 1.29 is 0 Å². The van der Waals surface area contributed by atoms with Crippen LogP contribution in [0.3, 0.4) is 0 Å². The molecule has 1 aliphatic rings. The Morgan fingerprint density at radius 3 is 3.05 bits per heavy atom. The predicted octanol–water partition coefficient (Wildman–Crippen LogP) is 3.16. The summed E-state index contributed by atoms with van der Waals surface area (Å²) in [5.74, 6) is 0.790. The van der Waals surface area contributed by atoms with E-state index >= 15 is 0 Å². The van der Waals surface area contributed by atoms with E-state index in [0.29, 0.717) is 6.04 Å². The van der Waals surface area contributed by atoms with Crippen LogP contribution < -0.4 is 5.32 Å². The van der Waals surface area contributed by atoms with Crippen molar-refractivity contribution in [3.63, 3.8) is 0 Å². The van der Waals surface area contributed by atoms with E-state index in [9.17, 15) is 0 Å². The number of fused-ring (bicyclic) bond motifs is 1. The van der Waals surface area contributed by atoms with Gasteiger partial charge in [-0.2, -0.15) is 0 Å². The molecule has 2 heterocycles. The van der Waals surface area contributed by atoms with Crippen LogP contribution in [0.5, 0.6) is 0 Å². The van der Waals surface area contributed by atoms with Crippen LogP contribution in [0, 0.1) is 5.92 Å². The monoisotopic (exact) mass is 257 g/mol. The summed E-state index contributed by atoms with van der Waals surface area (Å²) in [4.78, 5) is 4.54. The Morgan fingerprint density at radius 2 is 2.32 bits per heavy atom. The molecule has 1 N–H and O–H groups in total. The van der Waals surface area contributed by atoms with Crippen molar-refractivity contribution in [1.82, 2.24) is 14.9 Å². The van der Waals surface area contributed by atoms with E-state index in [1.54, 1.807) is 0 Å². The van der Waals surface area contributed by atoms with Crippen molar-refractivity contribution in [3.8, 4) is 0 Å². The number of hydrogen-bond acceptors (Lipinski definition) is 2. The summed E-state index contributed by atoms with van der Waals surface area (Å²) in [7, 11) is 0. The minimum absolute atomic E-state index is 0.471. The fourth-order valence-electron chi connectivity index (χ4n) is 3.05. The van der Waals surface area contributed by atoms with Gasteiger partial charge in [-0.25, -0.2) is 4.98 Å². The van der Waals surface area contributed by atoms with Crippen molar-refractivity contribution in [2.75, 3.05) is 13.1 Å². The lowest BCUT2D eigenvalue weighted by Gasteiger charge is -2.22. The highest BCUT2D eigenvalue weighted by molar-refractivity contribution is 5.76. The molecule has 3 rings (SSSR count). The molecule has 1 saturated heterocycles. The van der Waals surface area contributed by atoms with Crippen LogP contribution in [-0.4, -0.2) is 22.6 Å². The molecule has 0 radical (unpaired) electrons. The molecule has 1 fully saturated rings. The van der Waals surface area contributed by atoms with Crippen LogP contribution >= 0.6 is 0 Å². The number of nitrogens with zero attached hydrogens (tertiary/aromatic N) is 2. The number of hydrogen-bond donors (Lipinski definition) is 1. The maximum atomic E-state index is 4.54. The Morgan fingerprint density at radius 1 is 1.42 bits per heavy atom. The van der Waals surface area contributed by atoms with E-state index in [0.717, 1.165) is 11.4 Å². The second kappa shape index (κ2) is 5.33. The van der Waals surface area contributed by atoms with Crippen molar-refractivity contribution in [3.05, 3.63) is 30.1 Å². The topological polar surface area (TPSA) is 29.9 Å². The Labute approximate surface area is 115 Å². The second-order valence-electron chi connectivity index (χ2n) is 5.99. The Kier molecular flexibility index (Phi) is 3.56. The molecule has 19 heavy (non-hydrogen) atoms. The first kappa shape index (κ1) is 12.7. The number of nitrogens with one attached hydrogen (secondary N) is 1. The lowest BCUT2D eigenvalue weighted by atomic mass is 9.92. The van der Waals surface area contributed by atoms with Gasteiger partial charge in [0.2, 0.25) is 0 Å². The Hall–Kier alpha value is -1.35. The molecule has 1 aliphatic heterocycles. The smallest absolute Gasteiger partial charge is 0.0960 e. The third kappa shape index (κ3) is 2.66. The molecule has 3 nitrogen and oxygen atoms in total. The molecule has 0 amide bonds. The van der Waals surface area contributed by atoms with E-state index < -0.39 is 0 Å². The molecule has 1 atom stereocenters. The average molecular weight is 257 g/mol. The molecule has 0 spiro atoms. The molecule has 3 heteroatoms. The van der Waals surface area contributed by atoms with Gasteiger partial charge in [0, 0.05) is 6.04 Å². The van der Waals surface area contributed by atoms with Gasteiger partial charge in [0.05, 0.1) is 17.4 Å². The first-order chi connectivity index (χ1) is 9.24. The maximum Gasteiger partial charge on any atom is 0.0960 e. The van der Waals surface area contributed by atoms with Crippen LogP contribution in [0.1, 0.15) is 38.3 Å². The Balaban J connectivity index is 1.81. The van der Waals surface area contributed by atoms with Gasteiger partial charge in [0.1, 0.15) is 0 Å². The molecule has 1 unspecified atom stereocenters. The van der Waals surface area contributed by atoms with Crippen molar-refractivity contribution in [2.24, 2.45) is 5.92 Å².